The second-order valence-electron chi connectivity index (χ2n) is 5.49. The monoisotopic (exact) mass is 343 g/mol. The Kier molecular flexibility index (Phi) is 5.17. The third-order valence-electron chi connectivity index (χ3n) is 3.91. The van der Waals surface area contributed by atoms with Crippen molar-refractivity contribution < 1.29 is 9.47 Å². The van der Waals surface area contributed by atoms with Crippen LogP contribution in [0.4, 0.5) is 0 Å². The van der Waals surface area contributed by atoms with Crippen molar-refractivity contribution >= 4 is 11.3 Å². The molecule has 6 heteroatoms. The Morgan fingerprint density at radius 2 is 1.96 bits per heavy atom. The van der Waals surface area contributed by atoms with E-state index in [1.54, 1.807) is 25.6 Å². The molecule has 0 radical (unpaired) electrons. The third kappa shape index (κ3) is 3.60. The van der Waals surface area contributed by atoms with Crippen LogP contribution in [0.25, 0.3) is 0 Å². The summed E-state index contributed by atoms with van der Waals surface area (Å²) in [7, 11) is 5.32. The van der Waals surface area contributed by atoms with Gasteiger partial charge in [0.25, 0.3) is 0 Å². The van der Waals surface area contributed by atoms with Gasteiger partial charge in [-0.15, -0.1) is 0 Å². The van der Waals surface area contributed by atoms with E-state index in [1.807, 2.05) is 42.2 Å². The van der Waals surface area contributed by atoms with Gasteiger partial charge in [-0.25, -0.2) is 4.98 Å². The van der Waals surface area contributed by atoms with Gasteiger partial charge in [0.2, 0.25) is 0 Å². The van der Waals surface area contributed by atoms with E-state index in [2.05, 4.69) is 27.1 Å². The van der Waals surface area contributed by atoms with Crippen molar-refractivity contribution in [1.29, 1.82) is 0 Å². The van der Waals surface area contributed by atoms with E-state index < -0.39 is 0 Å². The van der Waals surface area contributed by atoms with Crippen molar-refractivity contribution in [3.8, 4) is 11.5 Å². The number of benzene rings is 1. The molecule has 0 spiro atoms. The van der Waals surface area contributed by atoms with Crippen molar-refractivity contribution in [2.45, 2.75) is 12.6 Å². The summed E-state index contributed by atoms with van der Waals surface area (Å²) in [5.74, 6) is 2.47. The molecule has 3 aromatic rings. The highest BCUT2D eigenvalue weighted by Gasteiger charge is 2.20. The highest BCUT2D eigenvalue weighted by Crippen LogP contribution is 2.29. The molecule has 1 N–H and O–H groups in total. The van der Waals surface area contributed by atoms with Crippen LogP contribution in [0.5, 0.6) is 11.5 Å². The summed E-state index contributed by atoms with van der Waals surface area (Å²) in [6.07, 6.45) is 3.76. The van der Waals surface area contributed by atoms with Gasteiger partial charge in [-0.05, 0) is 40.1 Å². The summed E-state index contributed by atoms with van der Waals surface area (Å²) in [6, 6.07) is 7.97. The predicted octanol–water partition coefficient (Wildman–Crippen LogP) is 3.38. The molecule has 0 saturated heterocycles. The zero-order valence-corrected chi connectivity index (χ0v) is 14.8. The van der Waals surface area contributed by atoms with Gasteiger partial charge in [0.05, 0.1) is 20.3 Å². The number of methoxy groups -OCH3 is 2. The lowest BCUT2D eigenvalue weighted by atomic mass is 10.0. The van der Waals surface area contributed by atoms with Gasteiger partial charge >= 0.3 is 0 Å². The first-order valence-electron chi connectivity index (χ1n) is 7.66. The number of rotatable bonds is 7. The van der Waals surface area contributed by atoms with Crippen LogP contribution in [0.3, 0.4) is 0 Å². The van der Waals surface area contributed by atoms with Gasteiger partial charge < -0.3 is 14.0 Å². The molecule has 0 aliphatic rings. The minimum atomic E-state index is -0.0612. The third-order valence-corrected chi connectivity index (χ3v) is 4.65. The normalized spacial score (nSPS) is 12.1. The number of hydrogen-bond donors (Lipinski definition) is 1. The van der Waals surface area contributed by atoms with E-state index in [0.29, 0.717) is 0 Å². The molecule has 5 nitrogen and oxygen atoms in total. The zero-order chi connectivity index (χ0) is 16.9. The molecule has 2 heterocycles. The molecule has 3 rings (SSSR count). The van der Waals surface area contributed by atoms with Crippen molar-refractivity contribution in [2.24, 2.45) is 7.05 Å². The molecule has 24 heavy (non-hydrogen) atoms. The number of nitrogens with zero attached hydrogens (tertiary/aromatic N) is 2. The summed E-state index contributed by atoms with van der Waals surface area (Å²) < 4.78 is 12.8. The van der Waals surface area contributed by atoms with Crippen LogP contribution in [0.15, 0.2) is 47.4 Å². The summed E-state index contributed by atoms with van der Waals surface area (Å²) in [5.41, 5.74) is 2.31. The molecule has 0 bridgehead atoms. The second kappa shape index (κ2) is 7.51. The van der Waals surface area contributed by atoms with Crippen LogP contribution in [-0.4, -0.2) is 23.8 Å². The van der Waals surface area contributed by atoms with Crippen molar-refractivity contribution in [3.05, 3.63) is 64.4 Å². The average molecular weight is 343 g/mol. The van der Waals surface area contributed by atoms with E-state index in [-0.39, 0.29) is 6.04 Å². The van der Waals surface area contributed by atoms with Gasteiger partial charge in [0.15, 0.2) is 0 Å². The number of aromatic nitrogens is 2. The molecule has 0 unspecified atom stereocenters. The Hall–Kier alpha value is -2.31. The SMILES string of the molecule is COc1cc(OC)cc([C@H](NCc2ccsc2)c2nccn2C)c1. The largest absolute Gasteiger partial charge is 0.497 e. The first kappa shape index (κ1) is 16.5. The molecule has 1 atom stereocenters. The number of nitrogens with one attached hydrogen (secondary N) is 1. The fourth-order valence-electron chi connectivity index (χ4n) is 2.62. The van der Waals surface area contributed by atoms with Crippen LogP contribution in [-0.2, 0) is 13.6 Å². The smallest absolute Gasteiger partial charge is 0.130 e. The van der Waals surface area contributed by atoms with Crippen LogP contribution in [0, 0.1) is 0 Å². The molecule has 0 aliphatic carbocycles. The predicted molar refractivity (Wildman–Crippen MR) is 95.8 cm³/mol. The maximum absolute atomic E-state index is 5.41. The fourth-order valence-corrected chi connectivity index (χ4v) is 3.29. The number of imidazole rings is 1. The zero-order valence-electron chi connectivity index (χ0n) is 14.0. The molecule has 0 amide bonds. The number of thiophene rings is 1. The van der Waals surface area contributed by atoms with E-state index in [0.717, 1.165) is 29.4 Å². The van der Waals surface area contributed by atoms with Gasteiger partial charge in [-0.2, -0.15) is 11.3 Å². The maximum atomic E-state index is 5.41. The molecule has 0 aliphatic heterocycles. The van der Waals surface area contributed by atoms with Gasteiger partial charge in [0, 0.05) is 32.1 Å². The minimum Gasteiger partial charge on any atom is -0.497 e. The summed E-state index contributed by atoms with van der Waals surface area (Å²) >= 11 is 1.70. The van der Waals surface area contributed by atoms with Crippen LogP contribution in [0.1, 0.15) is 23.0 Å². The van der Waals surface area contributed by atoms with Gasteiger partial charge in [-0.1, -0.05) is 0 Å². The van der Waals surface area contributed by atoms with Crippen LogP contribution < -0.4 is 14.8 Å². The standard InChI is InChI=1S/C18H21N3O2S/c1-21-6-5-19-18(21)17(20-11-13-4-7-24-12-13)14-8-15(22-2)10-16(9-14)23-3/h4-10,12,17,20H,11H2,1-3H3/t17-/m0/s1. The Bertz CT molecular complexity index is 761. The first-order valence-corrected chi connectivity index (χ1v) is 8.60. The topological polar surface area (TPSA) is 48.3 Å². The summed E-state index contributed by atoms with van der Waals surface area (Å²) in [6.45, 7) is 0.764. The van der Waals surface area contributed by atoms with E-state index in [1.165, 1.54) is 5.56 Å². The highest BCUT2D eigenvalue weighted by molar-refractivity contribution is 7.07. The molecule has 1 aromatic carbocycles. The Morgan fingerprint density at radius 1 is 1.21 bits per heavy atom. The van der Waals surface area contributed by atoms with Gasteiger partial charge in [-0.3, -0.25) is 5.32 Å². The Morgan fingerprint density at radius 3 is 2.50 bits per heavy atom. The van der Waals surface area contributed by atoms with Gasteiger partial charge in [0.1, 0.15) is 17.3 Å². The average Bonchev–Trinajstić information content (AvgIpc) is 3.27. The Labute approximate surface area is 145 Å². The molecule has 2 aromatic heterocycles. The maximum Gasteiger partial charge on any atom is 0.130 e. The summed E-state index contributed by atoms with van der Waals surface area (Å²) in [4.78, 5) is 4.52. The van der Waals surface area contributed by atoms with E-state index in [9.17, 15) is 0 Å². The number of ether oxygens (including phenoxy) is 2. The van der Waals surface area contributed by atoms with Crippen molar-refractivity contribution in [1.82, 2.24) is 14.9 Å². The number of aryl methyl sites for hydroxylation is 1. The minimum absolute atomic E-state index is 0.0612. The van der Waals surface area contributed by atoms with Crippen molar-refractivity contribution in [2.75, 3.05) is 14.2 Å². The lowest BCUT2D eigenvalue weighted by Gasteiger charge is -2.20. The van der Waals surface area contributed by atoms with E-state index in [4.69, 9.17) is 9.47 Å². The Balaban J connectivity index is 1.96. The molecule has 126 valence electrons. The second-order valence-corrected chi connectivity index (χ2v) is 6.27. The lowest BCUT2D eigenvalue weighted by Crippen LogP contribution is -2.24. The fraction of sp³-hybridized carbons (Fsp3) is 0.278. The first-order chi connectivity index (χ1) is 11.7. The molecular weight excluding hydrogens is 322 g/mol. The molecular formula is C18H21N3O2S. The lowest BCUT2D eigenvalue weighted by molar-refractivity contribution is 0.392. The van der Waals surface area contributed by atoms with E-state index >= 15 is 0 Å². The number of hydrogen-bond acceptors (Lipinski definition) is 5. The van der Waals surface area contributed by atoms with Crippen LogP contribution >= 0.6 is 11.3 Å². The van der Waals surface area contributed by atoms with Crippen LogP contribution in [0.2, 0.25) is 0 Å². The molecule has 0 fully saturated rings. The van der Waals surface area contributed by atoms with Crippen molar-refractivity contribution in [3.63, 3.8) is 0 Å². The summed E-state index contributed by atoms with van der Waals surface area (Å²) in [5, 5.41) is 7.83. The molecule has 0 saturated carbocycles. The quantitative estimate of drug-likeness (QED) is 0.714. The highest BCUT2D eigenvalue weighted by atomic mass is 32.1.